The van der Waals surface area contributed by atoms with Gasteiger partial charge in [0, 0.05) is 22.3 Å². The quantitative estimate of drug-likeness (QED) is 0.657. The van der Waals surface area contributed by atoms with Crippen LogP contribution < -0.4 is 5.32 Å². The van der Waals surface area contributed by atoms with E-state index in [9.17, 15) is 15.3 Å². The minimum atomic E-state index is -0.495. The van der Waals surface area contributed by atoms with Crippen molar-refractivity contribution in [3.8, 4) is 17.2 Å². The summed E-state index contributed by atoms with van der Waals surface area (Å²) >= 11 is 3.34. The predicted octanol–water partition coefficient (Wildman–Crippen LogP) is 3.18. The number of hydrogen-bond acceptors (Lipinski definition) is 4. The molecule has 0 bridgehead atoms. The molecule has 18 heavy (non-hydrogen) atoms. The molecule has 2 aromatic rings. The Bertz CT molecular complexity index is 555. The number of anilines is 1. The van der Waals surface area contributed by atoms with E-state index >= 15 is 0 Å². The van der Waals surface area contributed by atoms with Crippen molar-refractivity contribution >= 4 is 21.6 Å². The van der Waals surface area contributed by atoms with Gasteiger partial charge in [0.2, 0.25) is 5.75 Å². The fraction of sp³-hybridized carbons (Fsp3) is 0.0769. The Hall–Kier alpha value is -1.88. The van der Waals surface area contributed by atoms with Crippen LogP contribution in [-0.4, -0.2) is 15.3 Å². The minimum absolute atomic E-state index is 0.306. The molecular formula is C13H12BrNO3. The Labute approximate surface area is 113 Å². The first-order chi connectivity index (χ1) is 8.58. The van der Waals surface area contributed by atoms with Gasteiger partial charge in [-0.1, -0.05) is 15.9 Å². The second-order valence-electron chi connectivity index (χ2n) is 3.80. The molecule has 2 aromatic carbocycles. The smallest absolute Gasteiger partial charge is 0.200 e. The number of rotatable bonds is 3. The summed E-state index contributed by atoms with van der Waals surface area (Å²) in [4.78, 5) is 0. The largest absolute Gasteiger partial charge is 0.504 e. The number of phenolic OH excluding ortho intramolecular Hbond substituents is 3. The molecule has 4 nitrogen and oxygen atoms in total. The van der Waals surface area contributed by atoms with E-state index in [2.05, 4.69) is 21.2 Å². The summed E-state index contributed by atoms with van der Waals surface area (Å²) in [7, 11) is 0. The molecule has 0 unspecified atom stereocenters. The number of halogens is 1. The van der Waals surface area contributed by atoms with E-state index in [1.165, 1.54) is 6.07 Å². The summed E-state index contributed by atoms with van der Waals surface area (Å²) in [6.45, 7) is 0.349. The van der Waals surface area contributed by atoms with Crippen LogP contribution in [0.2, 0.25) is 0 Å². The van der Waals surface area contributed by atoms with Gasteiger partial charge in [-0.15, -0.1) is 0 Å². The molecule has 0 amide bonds. The molecule has 0 saturated heterocycles. The van der Waals surface area contributed by atoms with Gasteiger partial charge in [0.1, 0.15) is 0 Å². The van der Waals surface area contributed by atoms with Crippen LogP contribution >= 0.6 is 15.9 Å². The van der Waals surface area contributed by atoms with Crippen LogP contribution in [0.4, 0.5) is 5.69 Å². The Morgan fingerprint density at radius 3 is 2.22 bits per heavy atom. The van der Waals surface area contributed by atoms with E-state index in [-0.39, 0.29) is 11.5 Å². The molecule has 2 rings (SSSR count). The zero-order chi connectivity index (χ0) is 13.1. The molecule has 94 valence electrons. The topological polar surface area (TPSA) is 72.7 Å². The van der Waals surface area contributed by atoms with Gasteiger partial charge in [0.25, 0.3) is 0 Å². The Morgan fingerprint density at radius 2 is 1.56 bits per heavy atom. The molecule has 0 saturated carbocycles. The van der Waals surface area contributed by atoms with Crippen molar-refractivity contribution < 1.29 is 15.3 Å². The van der Waals surface area contributed by atoms with Gasteiger partial charge < -0.3 is 20.6 Å². The second kappa shape index (κ2) is 5.18. The van der Waals surface area contributed by atoms with Crippen molar-refractivity contribution in [2.75, 3.05) is 5.32 Å². The first-order valence-electron chi connectivity index (χ1n) is 5.30. The Morgan fingerprint density at radius 1 is 0.889 bits per heavy atom. The highest BCUT2D eigenvalue weighted by atomic mass is 79.9. The van der Waals surface area contributed by atoms with Crippen LogP contribution in [0.25, 0.3) is 0 Å². The number of benzene rings is 2. The second-order valence-corrected chi connectivity index (χ2v) is 4.72. The van der Waals surface area contributed by atoms with Crippen LogP contribution in [-0.2, 0) is 6.54 Å². The zero-order valence-corrected chi connectivity index (χ0v) is 11.0. The third-order valence-corrected chi connectivity index (χ3v) is 3.07. The molecule has 0 aliphatic heterocycles. The lowest BCUT2D eigenvalue weighted by atomic mass is 10.1. The highest BCUT2D eigenvalue weighted by Crippen LogP contribution is 2.37. The van der Waals surface area contributed by atoms with Crippen molar-refractivity contribution in [2.45, 2.75) is 6.54 Å². The standard InChI is InChI=1S/C13H12BrNO3/c14-9-2-4-10(5-3-9)15-7-8-1-6-11(16)13(18)12(8)17/h1-6,15-18H,7H2. The van der Waals surface area contributed by atoms with Crippen LogP contribution in [0.15, 0.2) is 40.9 Å². The van der Waals surface area contributed by atoms with Gasteiger partial charge in [-0.2, -0.15) is 0 Å². The first-order valence-corrected chi connectivity index (χ1v) is 6.09. The molecule has 0 aliphatic carbocycles. The predicted molar refractivity (Wildman–Crippen MR) is 72.9 cm³/mol. The fourth-order valence-corrected chi connectivity index (χ4v) is 1.78. The van der Waals surface area contributed by atoms with Crippen LogP contribution in [0.3, 0.4) is 0 Å². The Balaban J connectivity index is 2.11. The normalized spacial score (nSPS) is 10.3. The van der Waals surface area contributed by atoms with Crippen molar-refractivity contribution in [3.05, 3.63) is 46.4 Å². The van der Waals surface area contributed by atoms with E-state index in [1.54, 1.807) is 6.07 Å². The lowest BCUT2D eigenvalue weighted by molar-refractivity contribution is 0.365. The summed E-state index contributed by atoms with van der Waals surface area (Å²) in [5.41, 5.74) is 1.40. The molecule has 0 heterocycles. The van der Waals surface area contributed by atoms with Crippen molar-refractivity contribution in [1.82, 2.24) is 0 Å². The molecule has 0 spiro atoms. The van der Waals surface area contributed by atoms with E-state index in [0.29, 0.717) is 12.1 Å². The molecule has 0 fully saturated rings. The van der Waals surface area contributed by atoms with Gasteiger partial charge in [0.05, 0.1) is 0 Å². The van der Waals surface area contributed by atoms with Gasteiger partial charge in [-0.25, -0.2) is 0 Å². The van der Waals surface area contributed by atoms with Gasteiger partial charge in [0.15, 0.2) is 11.5 Å². The summed E-state index contributed by atoms with van der Waals surface area (Å²) in [5, 5.41) is 31.3. The maximum absolute atomic E-state index is 9.64. The average molecular weight is 310 g/mol. The zero-order valence-electron chi connectivity index (χ0n) is 9.39. The number of phenols is 3. The van der Waals surface area contributed by atoms with Gasteiger partial charge in [-0.05, 0) is 36.4 Å². The summed E-state index contributed by atoms with van der Waals surface area (Å²) < 4.78 is 0.984. The fourth-order valence-electron chi connectivity index (χ4n) is 1.52. The van der Waals surface area contributed by atoms with Crippen molar-refractivity contribution in [2.24, 2.45) is 0 Å². The SMILES string of the molecule is Oc1ccc(CNc2ccc(Br)cc2)c(O)c1O. The monoisotopic (exact) mass is 309 g/mol. The highest BCUT2D eigenvalue weighted by Gasteiger charge is 2.10. The molecule has 0 radical (unpaired) electrons. The number of hydrogen-bond donors (Lipinski definition) is 4. The van der Waals surface area contributed by atoms with Crippen LogP contribution in [0, 0.1) is 0 Å². The molecular weight excluding hydrogens is 298 g/mol. The summed E-state index contributed by atoms with van der Waals surface area (Å²) in [6.07, 6.45) is 0. The molecule has 0 aromatic heterocycles. The summed E-state index contributed by atoms with van der Waals surface area (Å²) in [5.74, 6) is -1.13. The molecule has 5 heteroatoms. The molecule has 0 atom stereocenters. The van der Waals surface area contributed by atoms with E-state index < -0.39 is 5.75 Å². The van der Waals surface area contributed by atoms with Crippen molar-refractivity contribution in [3.63, 3.8) is 0 Å². The lowest BCUT2D eigenvalue weighted by Gasteiger charge is -2.10. The number of nitrogens with one attached hydrogen (secondary N) is 1. The lowest BCUT2D eigenvalue weighted by Crippen LogP contribution is -1.99. The summed E-state index contributed by atoms with van der Waals surface area (Å²) in [6, 6.07) is 10.5. The third kappa shape index (κ3) is 2.68. The van der Waals surface area contributed by atoms with Crippen molar-refractivity contribution in [1.29, 1.82) is 0 Å². The minimum Gasteiger partial charge on any atom is -0.504 e. The van der Waals surface area contributed by atoms with Gasteiger partial charge in [-0.3, -0.25) is 0 Å². The average Bonchev–Trinajstić information content (AvgIpc) is 2.37. The van der Waals surface area contributed by atoms with Crippen LogP contribution in [0.5, 0.6) is 17.2 Å². The van der Waals surface area contributed by atoms with E-state index in [0.717, 1.165) is 10.2 Å². The highest BCUT2D eigenvalue weighted by molar-refractivity contribution is 9.10. The molecule has 4 N–H and O–H groups in total. The van der Waals surface area contributed by atoms with E-state index in [1.807, 2.05) is 24.3 Å². The molecule has 0 aliphatic rings. The van der Waals surface area contributed by atoms with Gasteiger partial charge >= 0.3 is 0 Å². The van der Waals surface area contributed by atoms with Crippen LogP contribution in [0.1, 0.15) is 5.56 Å². The maximum Gasteiger partial charge on any atom is 0.200 e. The van der Waals surface area contributed by atoms with E-state index in [4.69, 9.17) is 0 Å². The first kappa shape index (κ1) is 12.6. The maximum atomic E-state index is 9.64. The Kier molecular flexibility index (Phi) is 3.62. The third-order valence-electron chi connectivity index (χ3n) is 2.54. The number of aromatic hydroxyl groups is 3.